The summed E-state index contributed by atoms with van der Waals surface area (Å²) < 4.78 is 42.8. The average Bonchev–Trinajstić information content (AvgIpc) is 3.21. The topological polar surface area (TPSA) is 105 Å². The Balaban J connectivity index is 1.42. The van der Waals surface area contributed by atoms with Crippen molar-refractivity contribution in [3.05, 3.63) is 70.3 Å². The smallest absolute Gasteiger partial charge is 0.264 e. The van der Waals surface area contributed by atoms with Crippen molar-refractivity contribution in [3.63, 3.8) is 0 Å². The summed E-state index contributed by atoms with van der Waals surface area (Å²) in [5.41, 5.74) is 3.25. The van der Waals surface area contributed by atoms with Crippen molar-refractivity contribution >= 4 is 39.1 Å². The fourth-order valence-corrected chi connectivity index (χ4v) is 9.89. The molecule has 1 spiro atoms. The van der Waals surface area contributed by atoms with Crippen molar-refractivity contribution in [3.8, 4) is 5.75 Å². The lowest BCUT2D eigenvalue weighted by atomic mass is 9.68. The second-order valence-corrected chi connectivity index (χ2v) is 18.5. The summed E-state index contributed by atoms with van der Waals surface area (Å²) in [7, 11) is -0.450. The van der Waals surface area contributed by atoms with Gasteiger partial charge in [0.15, 0.2) is 0 Å². The van der Waals surface area contributed by atoms with Gasteiger partial charge in [-0.2, -0.15) is 0 Å². The summed E-state index contributed by atoms with van der Waals surface area (Å²) >= 11 is 6.47. The maximum absolute atomic E-state index is 13.6. The summed E-state index contributed by atoms with van der Waals surface area (Å²) in [6.07, 6.45) is 9.13. The van der Waals surface area contributed by atoms with Gasteiger partial charge in [-0.3, -0.25) is 9.59 Å². The monoisotopic (exact) mass is 739 g/mol. The molecule has 278 valence electrons. The Kier molecular flexibility index (Phi) is 11.2. The van der Waals surface area contributed by atoms with Crippen LogP contribution in [0.2, 0.25) is 5.02 Å². The third kappa shape index (κ3) is 7.98. The van der Waals surface area contributed by atoms with Gasteiger partial charge < -0.3 is 19.3 Å². The van der Waals surface area contributed by atoms with E-state index < -0.39 is 27.3 Å². The maximum atomic E-state index is 13.6. The van der Waals surface area contributed by atoms with E-state index in [1.807, 2.05) is 19.1 Å². The van der Waals surface area contributed by atoms with Gasteiger partial charge in [0.05, 0.1) is 23.6 Å². The first-order chi connectivity index (χ1) is 24.2. The van der Waals surface area contributed by atoms with Gasteiger partial charge in [-0.25, -0.2) is 13.1 Å². The molecule has 4 aliphatic rings. The molecule has 11 heteroatoms. The van der Waals surface area contributed by atoms with Crippen LogP contribution in [0.3, 0.4) is 0 Å². The van der Waals surface area contributed by atoms with Crippen LogP contribution in [0.25, 0.3) is 0 Å². The number of likely N-dealkylation sites (N-methyl/N-ethyl adjacent to an activating group) is 1. The number of carbonyl (C=O) groups excluding carboxylic acids is 2. The molecule has 2 aromatic rings. The van der Waals surface area contributed by atoms with Gasteiger partial charge in [0.2, 0.25) is 10.0 Å². The van der Waals surface area contributed by atoms with E-state index in [9.17, 15) is 18.0 Å². The number of sulfonamides is 1. The highest BCUT2D eigenvalue weighted by Crippen LogP contribution is 2.47. The molecule has 6 rings (SSSR count). The molecule has 0 aromatic heterocycles. The summed E-state index contributed by atoms with van der Waals surface area (Å²) in [6.45, 7) is 9.58. The SMILES string of the molecule is CC(C)C[C@@H](O[C@H]1/C=C/C[C@H](C)[C@@H](C)S(=O)(=O)NC(=O)c2ccc3c(c2)N(C[C@@H]2CC[C@H]21)C[C@@]1(CCCc2cc(Cl)ccc21)CO3)C(=O)N(C)C. The van der Waals surface area contributed by atoms with E-state index in [2.05, 4.69) is 41.7 Å². The summed E-state index contributed by atoms with van der Waals surface area (Å²) in [5.74, 6) is 0.385. The van der Waals surface area contributed by atoms with Gasteiger partial charge in [0.25, 0.3) is 11.8 Å². The first kappa shape index (κ1) is 37.7. The summed E-state index contributed by atoms with van der Waals surface area (Å²) in [6, 6.07) is 11.4. The first-order valence-corrected chi connectivity index (χ1v) is 20.5. The number of benzene rings is 2. The number of nitrogens with zero attached hydrogens (tertiary/aromatic N) is 2. The molecule has 2 amide bonds. The number of hydrogen-bond acceptors (Lipinski definition) is 7. The number of fused-ring (bicyclic) bond motifs is 4. The second kappa shape index (κ2) is 15.1. The zero-order valence-electron chi connectivity index (χ0n) is 30.9. The molecule has 0 unspecified atom stereocenters. The Hall–Kier alpha value is -3.08. The molecule has 7 atom stereocenters. The van der Waals surface area contributed by atoms with E-state index in [1.54, 1.807) is 44.1 Å². The fourth-order valence-electron chi connectivity index (χ4n) is 8.41. The van der Waals surface area contributed by atoms with Crippen molar-refractivity contribution in [2.24, 2.45) is 23.7 Å². The molecule has 2 aromatic carbocycles. The number of aryl methyl sites for hydroxylation is 1. The molecule has 2 heterocycles. The number of allylic oxidation sites excluding steroid dienone is 1. The van der Waals surface area contributed by atoms with Gasteiger partial charge in [-0.1, -0.05) is 50.6 Å². The number of rotatable bonds is 5. The molecular weight excluding hydrogens is 686 g/mol. The molecule has 2 bridgehead atoms. The van der Waals surface area contributed by atoms with Gasteiger partial charge in [0.1, 0.15) is 11.9 Å². The Bertz CT molecular complexity index is 1760. The predicted octanol–water partition coefficient (Wildman–Crippen LogP) is 6.77. The summed E-state index contributed by atoms with van der Waals surface area (Å²) in [4.78, 5) is 30.9. The molecule has 1 N–H and O–H groups in total. The molecule has 1 fully saturated rings. The van der Waals surface area contributed by atoms with Gasteiger partial charge in [0, 0.05) is 43.2 Å². The second-order valence-electron chi connectivity index (χ2n) is 16.1. The van der Waals surface area contributed by atoms with Crippen LogP contribution >= 0.6 is 11.6 Å². The highest BCUT2D eigenvalue weighted by Gasteiger charge is 2.45. The standard InChI is InChI=1S/C40H54ClN3O6S/c1-25(2)19-37(39(46)43(5)6)50-35-11-7-9-26(3)27(4)51(47,48)42-38(45)29-13-17-36-34(21-29)44(22-30-12-15-32(30)35)23-40(24-49-36)18-8-10-28-20-31(41)14-16-33(28)40/h7,11,13-14,16-17,20-21,25-27,30,32,35,37H,8-10,12,15,18-19,22-24H2,1-6H3,(H,42,45)/b11-7+/t26-,27+,30-,32+,35-,37+,40-/m0/s1. The fraction of sp³-hybridized carbons (Fsp3) is 0.600. The summed E-state index contributed by atoms with van der Waals surface area (Å²) in [5, 5.41) is -0.0953. The zero-order chi connectivity index (χ0) is 36.7. The molecular formula is C40H54ClN3O6S. The van der Waals surface area contributed by atoms with Crippen molar-refractivity contribution < 1.29 is 27.5 Å². The normalized spacial score (nSPS) is 30.2. The van der Waals surface area contributed by atoms with Gasteiger partial charge in [-0.05, 0) is 117 Å². The number of amides is 2. The van der Waals surface area contributed by atoms with Crippen LogP contribution in [0.15, 0.2) is 48.6 Å². The number of halogens is 1. The van der Waals surface area contributed by atoms with Gasteiger partial charge in [-0.15, -0.1) is 0 Å². The molecule has 51 heavy (non-hydrogen) atoms. The first-order valence-electron chi connectivity index (χ1n) is 18.6. The lowest BCUT2D eigenvalue weighted by Crippen LogP contribution is -2.50. The Morgan fingerprint density at radius 3 is 2.65 bits per heavy atom. The maximum Gasteiger partial charge on any atom is 0.264 e. The minimum atomic E-state index is -3.98. The van der Waals surface area contributed by atoms with Crippen molar-refractivity contribution in [2.45, 2.75) is 95.5 Å². The predicted molar refractivity (Wildman–Crippen MR) is 202 cm³/mol. The van der Waals surface area contributed by atoms with E-state index in [4.69, 9.17) is 21.1 Å². The molecule has 1 saturated carbocycles. The van der Waals surface area contributed by atoms with Crippen LogP contribution in [0.4, 0.5) is 5.69 Å². The van der Waals surface area contributed by atoms with E-state index in [1.165, 1.54) is 11.1 Å². The minimum Gasteiger partial charge on any atom is -0.490 e. The van der Waals surface area contributed by atoms with E-state index in [0.717, 1.165) is 42.8 Å². The highest BCUT2D eigenvalue weighted by molar-refractivity contribution is 7.90. The van der Waals surface area contributed by atoms with Crippen LogP contribution in [0.1, 0.15) is 87.7 Å². The van der Waals surface area contributed by atoms with E-state index >= 15 is 0 Å². The molecule has 0 radical (unpaired) electrons. The number of ether oxygens (including phenoxy) is 2. The highest BCUT2D eigenvalue weighted by atomic mass is 35.5. The third-order valence-corrected chi connectivity index (χ3v) is 13.9. The molecule has 2 aliphatic carbocycles. The van der Waals surface area contributed by atoms with E-state index in [-0.39, 0.29) is 46.7 Å². The van der Waals surface area contributed by atoms with Crippen LogP contribution in [-0.2, 0) is 31.4 Å². The number of carbonyl (C=O) groups is 2. The zero-order valence-corrected chi connectivity index (χ0v) is 32.4. The minimum absolute atomic E-state index is 0.0481. The van der Waals surface area contributed by atoms with Crippen LogP contribution < -0.4 is 14.4 Å². The van der Waals surface area contributed by atoms with Crippen LogP contribution in [0.5, 0.6) is 5.75 Å². The average molecular weight is 740 g/mol. The number of nitrogens with one attached hydrogen (secondary N) is 1. The quantitative estimate of drug-likeness (QED) is 0.338. The molecule has 0 saturated heterocycles. The number of hydrogen-bond donors (Lipinski definition) is 1. The lowest BCUT2D eigenvalue weighted by molar-refractivity contribution is -0.149. The largest absolute Gasteiger partial charge is 0.490 e. The van der Waals surface area contributed by atoms with Crippen LogP contribution in [0, 0.1) is 23.7 Å². The van der Waals surface area contributed by atoms with Crippen LogP contribution in [-0.4, -0.2) is 76.4 Å². The molecule has 9 nitrogen and oxygen atoms in total. The van der Waals surface area contributed by atoms with Crippen molar-refractivity contribution in [1.29, 1.82) is 0 Å². The number of anilines is 1. The van der Waals surface area contributed by atoms with Gasteiger partial charge >= 0.3 is 0 Å². The Morgan fingerprint density at radius 2 is 1.94 bits per heavy atom. The molecule has 2 aliphatic heterocycles. The van der Waals surface area contributed by atoms with E-state index in [0.29, 0.717) is 38.3 Å². The third-order valence-electron chi connectivity index (χ3n) is 11.7. The van der Waals surface area contributed by atoms with Crippen molar-refractivity contribution in [2.75, 3.05) is 38.7 Å². The Morgan fingerprint density at radius 1 is 1.16 bits per heavy atom. The van der Waals surface area contributed by atoms with Crippen molar-refractivity contribution in [1.82, 2.24) is 9.62 Å². The Labute approximate surface area is 309 Å². The lowest BCUT2D eigenvalue weighted by Gasteiger charge is -2.46.